The Kier molecular flexibility index (Phi) is 39.7. The van der Waals surface area contributed by atoms with Crippen LogP contribution in [0.5, 0.6) is 0 Å². The SMILES string of the molecule is CCC(C)[C@H](C)C(=O)N[C@@H](CC(C)C)C(=O)NCc1ccc(CNOC[C@@H](CCNC(=O)CCC(C(=O)O)N2CCN(C(C)C(=O)O)CCN(C(C)C(=O)O)CCN(C(C)C(=O)O)CC2)NC(=O)CCC(C(=O)O)N2CCN(C(C)C(=O)O)CCN(C(C)C(=O)O)CCN(C(C)C(=O)O)CC2)cc1. The summed E-state index contributed by atoms with van der Waals surface area (Å²) in [6, 6.07) is -3.28. The van der Waals surface area contributed by atoms with Crippen LogP contribution < -0.4 is 26.7 Å². The number of hydroxylamine groups is 1. The van der Waals surface area contributed by atoms with Gasteiger partial charge < -0.3 is 62.1 Å². The number of nitrogens with zero attached hydrogens (tertiary/aromatic N) is 8. The third-order valence-corrected chi connectivity index (χ3v) is 20.2. The van der Waals surface area contributed by atoms with Crippen molar-refractivity contribution >= 4 is 71.4 Å². The van der Waals surface area contributed by atoms with E-state index in [-0.39, 0.29) is 193 Å². The quantitative estimate of drug-likeness (QED) is 0.0310. The predicted octanol–water partition coefficient (Wildman–Crippen LogP) is 0.277. The summed E-state index contributed by atoms with van der Waals surface area (Å²) in [7, 11) is 0. The Labute approximate surface area is 604 Å². The molecule has 2 saturated heterocycles. The highest BCUT2D eigenvalue weighted by Crippen LogP contribution is 2.19. The molecule has 0 radical (unpaired) electrons. The first-order chi connectivity index (χ1) is 48.5. The van der Waals surface area contributed by atoms with Crippen LogP contribution in [-0.2, 0) is 75.5 Å². The normalized spacial score (nSPS) is 19.8. The minimum absolute atomic E-state index is 0.00111. The van der Waals surface area contributed by atoms with Crippen LogP contribution in [0.15, 0.2) is 24.3 Å². The fraction of sp³-hybridized carbons (Fsp3) is 0.739. The van der Waals surface area contributed by atoms with Crippen molar-refractivity contribution in [1.29, 1.82) is 0 Å². The molecule has 2 aliphatic heterocycles. The van der Waals surface area contributed by atoms with Crippen molar-refractivity contribution in [3.63, 3.8) is 0 Å². The van der Waals surface area contributed by atoms with Crippen LogP contribution in [0.3, 0.4) is 0 Å². The molecule has 34 heteroatoms. The van der Waals surface area contributed by atoms with Crippen molar-refractivity contribution in [1.82, 2.24) is 65.9 Å². The topological polar surface area (TPSA) is 462 Å². The summed E-state index contributed by atoms with van der Waals surface area (Å²) in [5.74, 6) is -11.3. The van der Waals surface area contributed by atoms with E-state index in [0.29, 0.717) is 6.42 Å². The zero-order valence-electron chi connectivity index (χ0n) is 61.9. The van der Waals surface area contributed by atoms with E-state index in [2.05, 4.69) is 26.7 Å². The van der Waals surface area contributed by atoms with Gasteiger partial charge in [-0.25, -0.2) is 0 Å². The Balaban J connectivity index is 1.89. The zero-order chi connectivity index (χ0) is 77.4. The summed E-state index contributed by atoms with van der Waals surface area (Å²) in [6.07, 6.45) is 0.0658. The van der Waals surface area contributed by atoms with E-state index in [0.717, 1.165) is 17.5 Å². The summed E-state index contributed by atoms with van der Waals surface area (Å²) in [6.45, 7) is 19.1. The second-order valence-electron chi connectivity index (χ2n) is 27.6. The molecule has 34 nitrogen and oxygen atoms in total. The number of carboxylic acids is 8. The summed E-state index contributed by atoms with van der Waals surface area (Å²) in [4.78, 5) is 173. The molecule has 2 fully saturated rings. The van der Waals surface area contributed by atoms with Gasteiger partial charge in [0.15, 0.2) is 0 Å². The molecule has 0 aromatic heterocycles. The average molecular weight is 1460 g/mol. The highest BCUT2D eigenvalue weighted by Gasteiger charge is 2.36. The van der Waals surface area contributed by atoms with E-state index >= 15 is 0 Å². The van der Waals surface area contributed by atoms with Gasteiger partial charge in [0.1, 0.15) is 54.4 Å². The highest BCUT2D eigenvalue weighted by molar-refractivity contribution is 5.88. The molecule has 2 heterocycles. The predicted molar refractivity (Wildman–Crippen MR) is 377 cm³/mol. The standard InChI is InChI=1S/C69H117N13O21/c1-12-44(4)45(5)60(85)74-55(39-43(2)3)61(86)71-40-52-13-15-53(16-14-52)41-72-103-42-54(73-59(84)20-18-57(69(101)102)82-37-33-79(50(10)66(95)96)29-25-76(47(7)63(89)90)26-30-80(34-38-82)51(11)67(97)98)21-22-70-58(83)19-17-56(68(99)100)81-35-31-77(48(8)64(91)92)27-23-75(46(6)62(87)88)24-28-78(32-36-81)49(9)65(93)94/h13-16,43-51,54-57,72H,12,17-42H2,1-11H3,(H,70,83)(H,71,86)(H,73,84)(H,74,85)(H,87,88)(H,89,90)(H,91,92)(H,93,94)(H,95,96)(H,97,98)(H,99,100)(H,101,102)/t44?,45-,46?,47?,48?,49?,50?,51?,54+,55-,56?,57?/m0/s1. The van der Waals surface area contributed by atoms with E-state index in [1.54, 1.807) is 39.2 Å². The van der Waals surface area contributed by atoms with Gasteiger partial charge in [-0.1, -0.05) is 65.3 Å². The van der Waals surface area contributed by atoms with E-state index in [1.165, 1.54) is 41.5 Å². The molecular weight excluding hydrogens is 1350 g/mol. The van der Waals surface area contributed by atoms with Crippen LogP contribution in [0.25, 0.3) is 0 Å². The third kappa shape index (κ3) is 31.4. The molecule has 103 heavy (non-hydrogen) atoms. The fourth-order valence-corrected chi connectivity index (χ4v) is 12.3. The first-order valence-electron chi connectivity index (χ1n) is 35.8. The molecule has 12 atom stereocenters. The van der Waals surface area contributed by atoms with Crippen LogP contribution >= 0.6 is 0 Å². The van der Waals surface area contributed by atoms with E-state index in [1.807, 2.05) is 58.9 Å². The molecule has 0 bridgehead atoms. The molecule has 0 spiro atoms. The fourth-order valence-electron chi connectivity index (χ4n) is 12.3. The van der Waals surface area contributed by atoms with Crippen LogP contribution in [0.1, 0.15) is 132 Å². The summed E-state index contributed by atoms with van der Waals surface area (Å²) in [5, 5.41) is 93.1. The van der Waals surface area contributed by atoms with Gasteiger partial charge >= 0.3 is 47.8 Å². The molecule has 0 saturated carbocycles. The van der Waals surface area contributed by atoms with Crippen molar-refractivity contribution in [2.45, 2.75) is 195 Å². The number of nitrogens with one attached hydrogen (secondary N) is 5. The van der Waals surface area contributed by atoms with Crippen LogP contribution in [0, 0.1) is 17.8 Å². The first kappa shape index (κ1) is 89.7. The van der Waals surface area contributed by atoms with E-state index in [9.17, 15) is 98.4 Å². The number of hydrogen-bond donors (Lipinski definition) is 13. The molecule has 2 aliphatic rings. The van der Waals surface area contributed by atoms with Crippen LogP contribution in [0.2, 0.25) is 0 Å². The van der Waals surface area contributed by atoms with Gasteiger partial charge in [-0.05, 0) is 90.2 Å². The Morgan fingerprint density at radius 2 is 0.718 bits per heavy atom. The summed E-state index contributed by atoms with van der Waals surface area (Å²) < 4.78 is 0. The Morgan fingerprint density at radius 1 is 0.398 bits per heavy atom. The Morgan fingerprint density at radius 3 is 1.03 bits per heavy atom. The average Bonchev–Trinajstić information content (AvgIpc) is 0.867. The maximum atomic E-state index is 14.1. The lowest BCUT2D eigenvalue weighted by Crippen LogP contribution is -2.55. The number of amides is 4. The minimum atomic E-state index is -1.35. The van der Waals surface area contributed by atoms with Crippen molar-refractivity contribution in [2.24, 2.45) is 17.8 Å². The van der Waals surface area contributed by atoms with Gasteiger partial charge in [0, 0.05) is 143 Å². The monoisotopic (exact) mass is 1460 g/mol. The van der Waals surface area contributed by atoms with Gasteiger partial charge in [0.2, 0.25) is 23.6 Å². The van der Waals surface area contributed by atoms with Crippen molar-refractivity contribution < 1.29 is 103 Å². The third-order valence-electron chi connectivity index (χ3n) is 20.2. The van der Waals surface area contributed by atoms with Gasteiger partial charge in [-0.2, -0.15) is 5.48 Å². The number of benzene rings is 1. The molecular formula is C69H117N13O21. The van der Waals surface area contributed by atoms with Crippen molar-refractivity contribution in [2.75, 3.05) is 118 Å². The lowest BCUT2D eigenvalue weighted by atomic mass is 9.92. The summed E-state index contributed by atoms with van der Waals surface area (Å²) >= 11 is 0. The van der Waals surface area contributed by atoms with Crippen LogP contribution in [0.4, 0.5) is 0 Å². The number of carbonyl (C=O) groups excluding carboxylic acids is 4. The van der Waals surface area contributed by atoms with Gasteiger partial charge in [-0.3, -0.25) is 102 Å². The van der Waals surface area contributed by atoms with Crippen LogP contribution in [-0.4, -0.2) is 330 Å². The molecule has 13 N–H and O–H groups in total. The highest BCUT2D eigenvalue weighted by atomic mass is 16.6. The van der Waals surface area contributed by atoms with E-state index < -0.39 is 120 Å². The molecule has 1 aromatic carbocycles. The van der Waals surface area contributed by atoms with Gasteiger partial charge in [0.05, 0.1) is 12.6 Å². The molecule has 1 aromatic rings. The lowest BCUT2D eigenvalue weighted by Gasteiger charge is -2.38. The summed E-state index contributed by atoms with van der Waals surface area (Å²) in [5.41, 5.74) is 4.41. The first-order valence-corrected chi connectivity index (χ1v) is 35.8. The zero-order valence-corrected chi connectivity index (χ0v) is 61.9. The van der Waals surface area contributed by atoms with E-state index in [4.69, 9.17) is 4.84 Å². The molecule has 3 rings (SSSR count). The van der Waals surface area contributed by atoms with Crippen molar-refractivity contribution in [3.8, 4) is 0 Å². The number of rotatable bonds is 40. The molecule has 584 valence electrons. The smallest absolute Gasteiger partial charge is 0.320 e. The number of carboxylic acid groups (broad SMARTS) is 8. The molecule has 4 amide bonds. The van der Waals surface area contributed by atoms with Crippen molar-refractivity contribution in [3.05, 3.63) is 35.4 Å². The second-order valence-corrected chi connectivity index (χ2v) is 27.6. The maximum Gasteiger partial charge on any atom is 0.320 e. The second kappa shape index (κ2) is 45.6. The molecule has 0 aliphatic carbocycles. The number of hydrogen-bond acceptors (Lipinski definition) is 22. The lowest BCUT2D eigenvalue weighted by molar-refractivity contribution is -0.147. The minimum Gasteiger partial charge on any atom is -0.480 e. The Hall–Kier alpha value is -7.54. The Bertz CT molecular complexity index is 2840. The number of aliphatic carboxylic acids is 8. The molecule has 9 unspecified atom stereocenters. The van der Waals surface area contributed by atoms with Gasteiger partial charge in [-0.15, -0.1) is 0 Å². The van der Waals surface area contributed by atoms with Gasteiger partial charge in [0.25, 0.3) is 0 Å². The maximum absolute atomic E-state index is 14.1. The number of carbonyl (C=O) groups is 12. The largest absolute Gasteiger partial charge is 0.480 e.